The number of nitrogens with two attached hydrogens (primary N) is 1. The molecule has 0 unspecified atom stereocenters. The van der Waals surface area contributed by atoms with Gasteiger partial charge >= 0.3 is 0 Å². The molecule has 0 saturated carbocycles. The number of benzene rings is 2. The quantitative estimate of drug-likeness (QED) is 0.821. The average molecular weight is 230 g/mol. The van der Waals surface area contributed by atoms with Crippen molar-refractivity contribution in [1.29, 1.82) is 0 Å². The van der Waals surface area contributed by atoms with Gasteiger partial charge in [-0.3, -0.25) is 0 Å². The Morgan fingerprint density at radius 3 is 2.47 bits per heavy atom. The lowest BCUT2D eigenvalue weighted by atomic mass is 10.2. The van der Waals surface area contributed by atoms with Gasteiger partial charge in [0.15, 0.2) is 0 Å². The first-order valence-corrected chi connectivity index (χ1v) is 5.46. The zero-order chi connectivity index (χ0) is 12.3. The molecule has 2 nitrogen and oxygen atoms in total. The minimum Gasteiger partial charge on any atom is -0.399 e. The maximum atomic E-state index is 13.0. The van der Waals surface area contributed by atoms with Gasteiger partial charge in [0, 0.05) is 25.0 Å². The SMILES string of the molecule is CN(Cc1cccc(F)c1)c1ccc(N)cc1. The Bertz CT molecular complexity index is 494. The third-order valence-electron chi connectivity index (χ3n) is 2.64. The molecule has 0 aromatic heterocycles. The fourth-order valence-corrected chi connectivity index (χ4v) is 1.73. The van der Waals surface area contributed by atoms with E-state index in [1.807, 2.05) is 42.3 Å². The van der Waals surface area contributed by atoms with Crippen LogP contribution in [0.4, 0.5) is 15.8 Å². The fraction of sp³-hybridized carbons (Fsp3) is 0.143. The van der Waals surface area contributed by atoms with Crippen molar-refractivity contribution in [1.82, 2.24) is 0 Å². The first-order valence-electron chi connectivity index (χ1n) is 5.46. The Morgan fingerprint density at radius 2 is 1.82 bits per heavy atom. The van der Waals surface area contributed by atoms with E-state index in [1.54, 1.807) is 12.1 Å². The number of anilines is 2. The van der Waals surface area contributed by atoms with E-state index >= 15 is 0 Å². The Morgan fingerprint density at radius 1 is 1.12 bits per heavy atom. The Hall–Kier alpha value is -2.03. The molecule has 0 aliphatic carbocycles. The molecule has 2 aromatic rings. The van der Waals surface area contributed by atoms with Gasteiger partial charge in [-0.2, -0.15) is 0 Å². The molecule has 88 valence electrons. The molecule has 2 N–H and O–H groups in total. The minimum absolute atomic E-state index is 0.201. The van der Waals surface area contributed by atoms with E-state index in [0.717, 1.165) is 16.9 Å². The number of nitrogen functional groups attached to an aromatic ring is 1. The average Bonchev–Trinajstić information content (AvgIpc) is 2.29. The van der Waals surface area contributed by atoms with E-state index in [2.05, 4.69) is 0 Å². The van der Waals surface area contributed by atoms with Crippen molar-refractivity contribution < 1.29 is 4.39 Å². The van der Waals surface area contributed by atoms with Crippen LogP contribution in [0.15, 0.2) is 48.5 Å². The summed E-state index contributed by atoms with van der Waals surface area (Å²) in [4.78, 5) is 2.05. The zero-order valence-electron chi connectivity index (χ0n) is 9.73. The topological polar surface area (TPSA) is 29.3 Å². The molecule has 0 amide bonds. The highest BCUT2D eigenvalue weighted by atomic mass is 19.1. The summed E-state index contributed by atoms with van der Waals surface area (Å²) in [5, 5.41) is 0. The van der Waals surface area contributed by atoms with Crippen LogP contribution in [0.25, 0.3) is 0 Å². The molecule has 0 spiro atoms. The summed E-state index contributed by atoms with van der Waals surface area (Å²) in [6.45, 7) is 0.668. The summed E-state index contributed by atoms with van der Waals surface area (Å²) < 4.78 is 13.0. The van der Waals surface area contributed by atoms with E-state index < -0.39 is 0 Å². The molecule has 0 radical (unpaired) electrons. The molecule has 0 bridgehead atoms. The smallest absolute Gasteiger partial charge is 0.123 e. The van der Waals surface area contributed by atoms with Crippen molar-refractivity contribution in [3.63, 3.8) is 0 Å². The molecule has 2 rings (SSSR count). The molecule has 0 heterocycles. The van der Waals surface area contributed by atoms with Crippen molar-refractivity contribution in [3.8, 4) is 0 Å². The van der Waals surface area contributed by atoms with Crippen LogP contribution in [0.2, 0.25) is 0 Å². The van der Waals surface area contributed by atoms with E-state index in [4.69, 9.17) is 5.73 Å². The van der Waals surface area contributed by atoms with Gasteiger partial charge in [0.05, 0.1) is 0 Å². The second-order valence-corrected chi connectivity index (χ2v) is 4.08. The molecule has 2 aromatic carbocycles. The lowest BCUT2D eigenvalue weighted by molar-refractivity contribution is 0.625. The number of rotatable bonds is 3. The normalized spacial score (nSPS) is 10.2. The molecular weight excluding hydrogens is 215 g/mol. The monoisotopic (exact) mass is 230 g/mol. The third-order valence-corrected chi connectivity index (χ3v) is 2.64. The molecule has 17 heavy (non-hydrogen) atoms. The van der Waals surface area contributed by atoms with E-state index in [9.17, 15) is 4.39 Å². The highest BCUT2D eigenvalue weighted by Gasteiger charge is 2.02. The maximum Gasteiger partial charge on any atom is 0.123 e. The number of hydrogen-bond acceptors (Lipinski definition) is 2. The highest BCUT2D eigenvalue weighted by molar-refractivity contribution is 5.52. The van der Waals surface area contributed by atoms with Crippen molar-refractivity contribution in [2.24, 2.45) is 0 Å². The molecule has 0 aliphatic heterocycles. The largest absolute Gasteiger partial charge is 0.399 e. The van der Waals surface area contributed by atoms with Gasteiger partial charge in [0.25, 0.3) is 0 Å². The summed E-state index contributed by atoms with van der Waals surface area (Å²) in [6, 6.07) is 14.3. The van der Waals surface area contributed by atoms with Gasteiger partial charge < -0.3 is 10.6 Å². The molecule has 3 heteroatoms. The number of nitrogens with zero attached hydrogens (tertiary/aromatic N) is 1. The standard InChI is InChI=1S/C14H15FN2/c1-17(14-7-5-13(16)6-8-14)10-11-3-2-4-12(15)9-11/h2-9H,10,16H2,1H3. The number of hydrogen-bond donors (Lipinski definition) is 1. The highest BCUT2D eigenvalue weighted by Crippen LogP contribution is 2.17. The van der Waals surface area contributed by atoms with Crippen LogP contribution in [0.3, 0.4) is 0 Å². The van der Waals surface area contributed by atoms with Crippen LogP contribution in [0, 0.1) is 5.82 Å². The molecule has 0 aliphatic rings. The lowest BCUT2D eigenvalue weighted by Gasteiger charge is -2.19. The predicted molar refractivity (Wildman–Crippen MR) is 69.4 cm³/mol. The maximum absolute atomic E-state index is 13.0. The summed E-state index contributed by atoms with van der Waals surface area (Å²) in [5.74, 6) is -0.201. The lowest BCUT2D eigenvalue weighted by Crippen LogP contribution is -2.16. The van der Waals surface area contributed by atoms with Crippen molar-refractivity contribution in [2.45, 2.75) is 6.54 Å². The first kappa shape index (κ1) is 11.5. The number of halogens is 1. The van der Waals surface area contributed by atoms with Crippen molar-refractivity contribution in [3.05, 3.63) is 59.9 Å². The Balaban J connectivity index is 2.11. The van der Waals surface area contributed by atoms with Gasteiger partial charge in [0.2, 0.25) is 0 Å². The van der Waals surface area contributed by atoms with Crippen molar-refractivity contribution >= 4 is 11.4 Å². The summed E-state index contributed by atoms with van der Waals surface area (Å²) in [7, 11) is 1.97. The summed E-state index contributed by atoms with van der Waals surface area (Å²) in [5.41, 5.74) is 8.38. The molecular formula is C14H15FN2. The second kappa shape index (κ2) is 4.87. The predicted octanol–water partition coefficient (Wildman–Crippen LogP) is 3.04. The van der Waals surface area contributed by atoms with E-state index in [1.165, 1.54) is 6.07 Å². The Labute approximate surface area is 100 Å². The molecule has 0 fully saturated rings. The van der Waals surface area contributed by atoms with Gasteiger partial charge in [0.1, 0.15) is 5.82 Å². The van der Waals surface area contributed by atoms with Crippen LogP contribution >= 0.6 is 0 Å². The molecule has 0 atom stereocenters. The second-order valence-electron chi connectivity index (χ2n) is 4.08. The van der Waals surface area contributed by atoms with Crippen LogP contribution in [0.1, 0.15) is 5.56 Å². The summed E-state index contributed by atoms with van der Waals surface area (Å²) in [6.07, 6.45) is 0. The van der Waals surface area contributed by atoms with Gasteiger partial charge in [-0.15, -0.1) is 0 Å². The van der Waals surface area contributed by atoms with Crippen molar-refractivity contribution in [2.75, 3.05) is 17.7 Å². The van der Waals surface area contributed by atoms with E-state index in [-0.39, 0.29) is 5.82 Å². The van der Waals surface area contributed by atoms with Crippen LogP contribution in [0.5, 0.6) is 0 Å². The van der Waals surface area contributed by atoms with E-state index in [0.29, 0.717) is 6.54 Å². The summed E-state index contributed by atoms with van der Waals surface area (Å²) >= 11 is 0. The van der Waals surface area contributed by atoms with Crippen LogP contribution in [-0.2, 0) is 6.54 Å². The van der Waals surface area contributed by atoms with Gasteiger partial charge in [-0.1, -0.05) is 12.1 Å². The van der Waals surface area contributed by atoms with Crippen LogP contribution < -0.4 is 10.6 Å². The van der Waals surface area contributed by atoms with Gasteiger partial charge in [-0.05, 0) is 42.0 Å². The zero-order valence-corrected chi connectivity index (χ0v) is 9.73. The third kappa shape index (κ3) is 2.97. The molecule has 0 saturated heterocycles. The first-order chi connectivity index (χ1) is 8.15. The Kier molecular flexibility index (Phi) is 3.28. The van der Waals surface area contributed by atoms with Crippen LogP contribution in [-0.4, -0.2) is 7.05 Å². The minimum atomic E-state index is -0.201. The fourth-order valence-electron chi connectivity index (χ4n) is 1.73. The van der Waals surface area contributed by atoms with Gasteiger partial charge in [-0.25, -0.2) is 4.39 Å².